The third kappa shape index (κ3) is 5.61. The number of primary amides is 1. The molecule has 0 saturated heterocycles. The fourth-order valence-electron chi connectivity index (χ4n) is 1.13. The van der Waals surface area contributed by atoms with Crippen molar-refractivity contribution < 1.29 is 14.4 Å². The van der Waals surface area contributed by atoms with Gasteiger partial charge < -0.3 is 22.1 Å². The number of carbonyl (C=O) groups is 3. The molecule has 0 radical (unpaired) electrons. The largest absolute Gasteiger partial charge is 0.368 e. The van der Waals surface area contributed by atoms with Crippen molar-refractivity contribution in [3.63, 3.8) is 0 Å². The maximum atomic E-state index is 12.1. The Kier molecular flexibility index (Phi) is 7.93. The van der Waals surface area contributed by atoms with Crippen LogP contribution in [0, 0.1) is 0 Å². The van der Waals surface area contributed by atoms with Crippen molar-refractivity contribution in [2.75, 3.05) is 17.3 Å². The molecular formula is C11H22N4O3S3. The first kappa shape index (κ1) is 20.4. The van der Waals surface area contributed by atoms with E-state index in [-0.39, 0.29) is 17.3 Å². The van der Waals surface area contributed by atoms with Crippen LogP contribution in [0.2, 0.25) is 0 Å². The summed E-state index contributed by atoms with van der Waals surface area (Å²) in [6.45, 7) is 2.93. The van der Waals surface area contributed by atoms with Crippen molar-refractivity contribution in [1.29, 1.82) is 0 Å². The summed E-state index contributed by atoms with van der Waals surface area (Å²) >= 11 is 12.0. The number of amides is 3. The van der Waals surface area contributed by atoms with Gasteiger partial charge in [-0.15, -0.1) is 0 Å². The van der Waals surface area contributed by atoms with Crippen LogP contribution in [-0.4, -0.2) is 52.1 Å². The van der Waals surface area contributed by atoms with Crippen molar-refractivity contribution in [3.8, 4) is 0 Å². The van der Waals surface area contributed by atoms with Crippen LogP contribution in [0.25, 0.3) is 0 Å². The molecule has 122 valence electrons. The lowest BCUT2D eigenvalue weighted by Crippen LogP contribution is -2.63. The van der Waals surface area contributed by atoms with Gasteiger partial charge in [-0.3, -0.25) is 14.4 Å². The van der Waals surface area contributed by atoms with Crippen LogP contribution in [-0.2, 0) is 14.4 Å². The summed E-state index contributed by atoms with van der Waals surface area (Å²) in [5.41, 5.74) is 8.42. The average molecular weight is 355 g/mol. The molecule has 0 aromatic carbocycles. The van der Waals surface area contributed by atoms with Crippen molar-refractivity contribution in [3.05, 3.63) is 0 Å². The van der Waals surface area contributed by atoms with Gasteiger partial charge in [-0.1, -0.05) is 0 Å². The minimum absolute atomic E-state index is 0.0204. The highest BCUT2D eigenvalue weighted by Crippen LogP contribution is 2.07. The molecule has 0 bridgehead atoms. The van der Waals surface area contributed by atoms with Gasteiger partial charge in [-0.25, -0.2) is 0 Å². The van der Waals surface area contributed by atoms with Gasteiger partial charge in [-0.2, -0.15) is 37.9 Å². The highest BCUT2D eigenvalue weighted by atomic mass is 32.1. The zero-order valence-corrected chi connectivity index (χ0v) is 14.6. The predicted molar refractivity (Wildman–Crippen MR) is 91.8 cm³/mol. The molecule has 3 amide bonds. The zero-order valence-electron chi connectivity index (χ0n) is 11.9. The summed E-state index contributed by atoms with van der Waals surface area (Å²) in [6.07, 6.45) is 0. The third-order valence-corrected chi connectivity index (χ3v) is 4.57. The molecule has 0 aromatic heterocycles. The molecule has 0 rings (SSSR count). The van der Waals surface area contributed by atoms with Crippen LogP contribution >= 0.6 is 37.9 Å². The summed E-state index contributed by atoms with van der Waals surface area (Å²) in [7, 11) is 0. The van der Waals surface area contributed by atoms with Crippen LogP contribution in [0.4, 0.5) is 0 Å². The van der Waals surface area contributed by atoms with E-state index in [0.29, 0.717) is 0 Å². The van der Waals surface area contributed by atoms with E-state index in [4.69, 9.17) is 11.5 Å². The number of hydrogen-bond donors (Lipinski definition) is 7. The monoisotopic (exact) mass is 354 g/mol. The molecular weight excluding hydrogens is 332 g/mol. The van der Waals surface area contributed by atoms with Gasteiger partial charge in [0.15, 0.2) is 0 Å². The molecule has 0 spiro atoms. The lowest BCUT2D eigenvalue weighted by atomic mass is 10.0. The van der Waals surface area contributed by atoms with E-state index in [1.165, 1.54) is 13.8 Å². The molecule has 0 aliphatic carbocycles. The van der Waals surface area contributed by atoms with Crippen LogP contribution < -0.4 is 22.1 Å². The lowest BCUT2D eigenvalue weighted by molar-refractivity contribution is -0.133. The smallest absolute Gasteiger partial charge is 0.244 e. The quantitative estimate of drug-likeness (QED) is 0.263. The first-order valence-corrected chi connectivity index (χ1v) is 7.98. The summed E-state index contributed by atoms with van der Waals surface area (Å²) in [5.74, 6) is -1.71. The molecule has 0 aliphatic rings. The third-order valence-electron chi connectivity index (χ3n) is 2.91. The minimum Gasteiger partial charge on any atom is -0.368 e. The van der Waals surface area contributed by atoms with E-state index in [9.17, 15) is 14.4 Å². The second kappa shape index (κ2) is 8.16. The number of carbonyl (C=O) groups excluding carboxylic acids is 3. The van der Waals surface area contributed by atoms with Crippen molar-refractivity contribution in [2.24, 2.45) is 11.5 Å². The van der Waals surface area contributed by atoms with Gasteiger partial charge in [0.25, 0.3) is 0 Å². The Hall–Kier alpha value is -0.580. The second-order valence-corrected chi connectivity index (χ2v) is 6.13. The van der Waals surface area contributed by atoms with E-state index in [1.54, 1.807) is 0 Å². The molecule has 21 heavy (non-hydrogen) atoms. The van der Waals surface area contributed by atoms with E-state index >= 15 is 0 Å². The number of nitrogens with one attached hydrogen (secondary N) is 2. The summed E-state index contributed by atoms with van der Waals surface area (Å²) in [5, 5.41) is 4.92. The van der Waals surface area contributed by atoms with E-state index < -0.39 is 34.8 Å². The molecule has 0 fully saturated rings. The summed E-state index contributed by atoms with van der Waals surface area (Å²) < 4.78 is 0. The molecule has 6 N–H and O–H groups in total. The van der Waals surface area contributed by atoms with Crippen molar-refractivity contribution in [1.82, 2.24) is 10.6 Å². The van der Waals surface area contributed by atoms with Gasteiger partial charge in [0, 0.05) is 17.3 Å². The van der Waals surface area contributed by atoms with E-state index in [0.717, 1.165) is 0 Å². The highest BCUT2D eigenvalue weighted by molar-refractivity contribution is 7.80. The fourth-order valence-corrected chi connectivity index (χ4v) is 1.76. The highest BCUT2D eigenvalue weighted by Gasteiger charge is 2.35. The van der Waals surface area contributed by atoms with Crippen LogP contribution in [0.5, 0.6) is 0 Å². The molecule has 10 heteroatoms. The first-order valence-electron chi connectivity index (χ1n) is 6.08. The Morgan fingerprint density at radius 2 is 1.67 bits per heavy atom. The van der Waals surface area contributed by atoms with Gasteiger partial charge in [0.05, 0.1) is 0 Å². The fraction of sp³-hybridized carbons (Fsp3) is 0.727. The summed E-state index contributed by atoms with van der Waals surface area (Å²) in [6, 6.07) is -0.956. The predicted octanol–water partition coefficient (Wildman–Crippen LogP) is -1.66. The Morgan fingerprint density at radius 3 is 2.00 bits per heavy atom. The van der Waals surface area contributed by atoms with Crippen LogP contribution in [0.15, 0.2) is 0 Å². The molecule has 1 unspecified atom stereocenters. The van der Waals surface area contributed by atoms with Crippen LogP contribution in [0.3, 0.4) is 0 Å². The molecule has 7 nitrogen and oxygen atoms in total. The van der Waals surface area contributed by atoms with E-state index in [2.05, 4.69) is 48.5 Å². The van der Waals surface area contributed by atoms with Crippen molar-refractivity contribution >= 4 is 55.6 Å². The van der Waals surface area contributed by atoms with Crippen LogP contribution in [0.1, 0.15) is 13.8 Å². The standard InChI is InChI=1S/C11H22N4O3S3/c1-10(13,4-20)9(18)14-6(3-19)7(16)15-11(2,5-21)8(12)17/h6,19-21H,3-5,13H2,1-2H3,(H2,12,17)(H,14,18)(H,15,16)/t6-,10?,11-/m1/s1. The lowest BCUT2D eigenvalue weighted by Gasteiger charge is -2.29. The topological polar surface area (TPSA) is 127 Å². The Morgan fingerprint density at radius 1 is 1.14 bits per heavy atom. The molecule has 0 saturated carbocycles. The number of nitrogens with two attached hydrogens (primary N) is 2. The SMILES string of the molecule is CC(N)(CS)C(=O)N[C@H](CS)C(=O)N[C@](C)(CS)C(N)=O. The van der Waals surface area contributed by atoms with Crippen molar-refractivity contribution in [2.45, 2.75) is 31.0 Å². The zero-order chi connectivity index (χ0) is 16.8. The van der Waals surface area contributed by atoms with E-state index in [1.807, 2.05) is 0 Å². The number of thiol groups is 3. The molecule has 0 aromatic rings. The van der Waals surface area contributed by atoms with Gasteiger partial charge in [0.1, 0.15) is 17.1 Å². The second-order valence-electron chi connectivity index (χ2n) is 5.13. The normalized spacial score (nSPS) is 18.0. The number of hydrogen-bond acceptors (Lipinski definition) is 7. The van der Waals surface area contributed by atoms with Gasteiger partial charge >= 0.3 is 0 Å². The average Bonchev–Trinajstić information content (AvgIpc) is 2.43. The first-order chi connectivity index (χ1) is 9.54. The molecule has 0 heterocycles. The van der Waals surface area contributed by atoms with Gasteiger partial charge in [0.2, 0.25) is 17.7 Å². The van der Waals surface area contributed by atoms with Gasteiger partial charge in [-0.05, 0) is 13.8 Å². The maximum absolute atomic E-state index is 12.1. The Labute approximate surface area is 140 Å². The summed E-state index contributed by atoms with van der Waals surface area (Å²) in [4.78, 5) is 35.4. The Balaban J connectivity index is 4.94. The number of rotatable bonds is 8. The minimum atomic E-state index is -1.32. The molecule has 0 aliphatic heterocycles. The maximum Gasteiger partial charge on any atom is 0.244 e. The molecule has 3 atom stereocenters. The Bertz CT molecular complexity index is 420.